The number of carbonyl (C=O) groups excluding carboxylic acids is 1. The van der Waals surface area contributed by atoms with Gasteiger partial charge >= 0.3 is 12.0 Å². The van der Waals surface area contributed by atoms with E-state index in [4.69, 9.17) is 9.47 Å². The number of alkyl halides is 2. The summed E-state index contributed by atoms with van der Waals surface area (Å²) in [7, 11) is 3.38. The van der Waals surface area contributed by atoms with E-state index in [1.807, 2.05) is 31.4 Å². The minimum Gasteiger partial charge on any atom is -0.497 e. The monoisotopic (exact) mass is 466 g/mol. The van der Waals surface area contributed by atoms with E-state index in [9.17, 15) is 13.6 Å². The normalized spacial score (nSPS) is 13.5. The Morgan fingerprint density at radius 2 is 1.88 bits per heavy atom. The number of hydrogen-bond acceptors (Lipinski definition) is 6. The molecule has 2 aromatic heterocycles. The first kappa shape index (κ1) is 21.6. The van der Waals surface area contributed by atoms with Crippen LogP contribution in [0.15, 0.2) is 54.9 Å². The predicted molar refractivity (Wildman–Crippen MR) is 121 cm³/mol. The van der Waals surface area contributed by atoms with Crippen molar-refractivity contribution in [2.45, 2.75) is 13.0 Å². The average molecular weight is 466 g/mol. The number of anilines is 3. The fraction of sp³-hybridized carbons (Fsp3) is 0.217. The van der Waals surface area contributed by atoms with Gasteiger partial charge in [-0.1, -0.05) is 0 Å². The average Bonchev–Trinajstić information content (AvgIpc) is 3.21. The Morgan fingerprint density at radius 1 is 1.12 bits per heavy atom. The standard InChI is InChI=1S/C23H20F2N6O3/c1-29-11-14-9-17(5-8-19(14)28-29)30-12-15-10-26-22(34-13-20(24)25)27-21(15)31(23(30)32)16-3-6-18(33-2)7-4-16/h3-11,20H,12-13H2,1-2H3. The lowest BCUT2D eigenvalue weighted by Gasteiger charge is -2.36. The SMILES string of the molecule is COc1ccc(N2C(=O)N(c3ccc4nn(C)cc4c3)Cc3cnc(OCC(F)F)nc32)cc1. The predicted octanol–water partition coefficient (Wildman–Crippen LogP) is 4.29. The number of fused-ring (bicyclic) bond motifs is 2. The van der Waals surface area contributed by atoms with Gasteiger partial charge in [0.2, 0.25) is 0 Å². The number of rotatable bonds is 6. The molecule has 0 saturated heterocycles. The van der Waals surface area contributed by atoms with Gasteiger partial charge in [0.25, 0.3) is 6.43 Å². The van der Waals surface area contributed by atoms with Gasteiger partial charge in [-0.25, -0.2) is 23.5 Å². The number of aryl methyl sites for hydroxylation is 1. The van der Waals surface area contributed by atoms with E-state index in [0.29, 0.717) is 22.7 Å². The molecule has 0 unspecified atom stereocenters. The Kier molecular flexibility index (Phi) is 5.44. The van der Waals surface area contributed by atoms with Crippen molar-refractivity contribution in [1.29, 1.82) is 0 Å². The van der Waals surface area contributed by atoms with Gasteiger partial charge in [-0.05, 0) is 42.5 Å². The van der Waals surface area contributed by atoms with Crippen LogP contribution in [0.4, 0.5) is 30.8 Å². The van der Waals surface area contributed by atoms with Crippen molar-refractivity contribution in [3.63, 3.8) is 0 Å². The summed E-state index contributed by atoms with van der Waals surface area (Å²) in [6.07, 6.45) is 0.691. The molecule has 2 aromatic carbocycles. The van der Waals surface area contributed by atoms with Gasteiger partial charge < -0.3 is 9.47 Å². The molecule has 0 atom stereocenters. The Bertz CT molecular complexity index is 1360. The summed E-state index contributed by atoms with van der Waals surface area (Å²) >= 11 is 0. The number of urea groups is 1. The lowest BCUT2D eigenvalue weighted by molar-refractivity contribution is 0.0770. The van der Waals surface area contributed by atoms with Crippen LogP contribution in [0.5, 0.6) is 11.8 Å². The van der Waals surface area contributed by atoms with Crippen molar-refractivity contribution in [3.05, 3.63) is 60.4 Å². The smallest absolute Gasteiger partial charge is 0.335 e. The summed E-state index contributed by atoms with van der Waals surface area (Å²) in [5.74, 6) is 0.893. The number of carbonyl (C=O) groups is 1. The molecule has 4 aromatic rings. The van der Waals surface area contributed by atoms with Gasteiger partial charge in [-0.15, -0.1) is 0 Å². The second kappa shape index (κ2) is 8.58. The highest BCUT2D eigenvalue weighted by Crippen LogP contribution is 2.37. The van der Waals surface area contributed by atoms with Gasteiger partial charge in [0.15, 0.2) is 12.4 Å². The summed E-state index contributed by atoms with van der Waals surface area (Å²) in [5, 5.41) is 5.27. The maximum atomic E-state index is 13.7. The Balaban J connectivity index is 1.58. The van der Waals surface area contributed by atoms with E-state index in [-0.39, 0.29) is 24.4 Å². The fourth-order valence-electron chi connectivity index (χ4n) is 3.81. The van der Waals surface area contributed by atoms with Crippen molar-refractivity contribution in [2.75, 3.05) is 23.5 Å². The minimum atomic E-state index is -2.67. The summed E-state index contributed by atoms with van der Waals surface area (Å²) in [6.45, 7) is -0.645. The minimum absolute atomic E-state index is 0.196. The third-order valence-electron chi connectivity index (χ3n) is 5.37. The zero-order chi connectivity index (χ0) is 23.8. The van der Waals surface area contributed by atoms with E-state index in [1.165, 1.54) is 11.1 Å². The van der Waals surface area contributed by atoms with Crippen molar-refractivity contribution >= 4 is 34.1 Å². The van der Waals surface area contributed by atoms with Crippen molar-refractivity contribution in [2.24, 2.45) is 7.05 Å². The van der Waals surface area contributed by atoms with Crippen LogP contribution in [-0.2, 0) is 13.6 Å². The number of halogens is 2. The van der Waals surface area contributed by atoms with E-state index in [1.54, 1.807) is 41.0 Å². The number of amides is 2. The third-order valence-corrected chi connectivity index (χ3v) is 5.37. The lowest BCUT2D eigenvalue weighted by atomic mass is 10.1. The van der Waals surface area contributed by atoms with Crippen LogP contribution in [0.1, 0.15) is 5.56 Å². The largest absolute Gasteiger partial charge is 0.497 e. The molecule has 0 radical (unpaired) electrons. The summed E-state index contributed by atoms with van der Waals surface area (Å²) < 4.78 is 37.2. The number of hydrogen-bond donors (Lipinski definition) is 0. The molecule has 1 aliphatic heterocycles. The lowest BCUT2D eigenvalue weighted by Crippen LogP contribution is -2.45. The molecular formula is C23H20F2N6O3. The second-order valence-electron chi connectivity index (χ2n) is 7.65. The zero-order valence-electron chi connectivity index (χ0n) is 18.4. The number of benzene rings is 2. The number of nitrogens with zero attached hydrogens (tertiary/aromatic N) is 6. The third kappa shape index (κ3) is 3.96. The Labute approximate surface area is 193 Å². The maximum Gasteiger partial charge on any atom is 0.335 e. The molecule has 0 N–H and O–H groups in total. The van der Waals surface area contributed by atoms with Crippen molar-refractivity contribution in [1.82, 2.24) is 19.7 Å². The van der Waals surface area contributed by atoms with Gasteiger partial charge in [0.05, 0.1) is 24.9 Å². The van der Waals surface area contributed by atoms with E-state index in [2.05, 4.69) is 15.1 Å². The molecule has 1 aliphatic rings. The second-order valence-corrected chi connectivity index (χ2v) is 7.65. The molecule has 174 valence electrons. The molecule has 0 spiro atoms. The van der Waals surface area contributed by atoms with Crippen LogP contribution in [0.3, 0.4) is 0 Å². The first-order chi connectivity index (χ1) is 16.4. The molecule has 9 nitrogen and oxygen atoms in total. The molecular weight excluding hydrogens is 446 g/mol. The highest BCUT2D eigenvalue weighted by molar-refractivity contribution is 6.10. The van der Waals surface area contributed by atoms with Crippen LogP contribution in [0.2, 0.25) is 0 Å². The van der Waals surface area contributed by atoms with E-state index in [0.717, 1.165) is 10.9 Å². The van der Waals surface area contributed by atoms with Gasteiger partial charge in [-0.2, -0.15) is 10.1 Å². The summed E-state index contributed by atoms with van der Waals surface area (Å²) in [5.41, 5.74) is 2.64. The zero-order valence-corrected chi connectivity index (χ0v) is 18.4. The van der Waals surface area contributed by atoms with E-state index >= 15 is 0 Å². The number of aromatic nitrogens is 4. The van der Waals surface area contributed by atoms with Crippen LogP contribution >= 0.6 is 0 Å². The van der Waals surface area contributed by atoms with Crippen LogP contribution in [-0.4, -0.2) is 45.9 Å². The molecule has 5 rings (SSSR count). The molecule has 0 fully saturated rings. The van der Waals surface area contributed by atoms with Crippen molar-refractivity contribution < 1.29 is 23.0 Å². The van der Waals surface area contributed by atoms with Gasteiger partial charge in [-0.3, -0.25) is 9.58 Å². The topological polar surface area (TPSA) is 85.6 Å². The van der Waals surface area contributed by atoms with Gasteiger partial charge in [0, 0.05) is 36.1 Å². The highest BCUT2D eigenvalue weighted by atomic mass is 19.3. The van der Waals surface area contributed by atoms with Gasteiger partial charge in [0.1, 0.15) is 5.75 Å². The first-order valence-electron chi connectivity index (χ1n) is 10.4. The molecule has 0 bridgehead atoms. The van der Waals surface area contributed by atoms with Crippen LogP contribution < -0.4 is 19.3 Å². The summed E-state index contributed by atoms with van der Waals surface area (Å²) in [4.78, 5) is 25.1. The molecule has 34 heavy (non-hydrogen) atoms. The van der Waals surface area contributed by atoms with Crippen LogP contribution in [0.25, 0.3) is 10.9 Å². The number of ether oxygens (including phenoxy) is 2. The highest BCUT2D eigenvalue weighted by Gasteiger charge is 2.34. The Morgan fingerprint density at radius 3 is 2.62 bits per heavy atom. The molecule has 11 heteroatoms. The molecule has 0 saturated carbocycles. The quantitative estimate of drug-likeness (QED) is 0.421. The summed E-state index contributed by atoms with van der Waals surface area (Å²) in [6, 6.07) is 11.9. The first-order valence-corrected chi connectivity index (χ1v) is 10.4. The Hall–Kier alpha value is -4.28. The fourth-order valence-corrected chi connectivity index (χ4v) is 3.81. The molecule has 0 aliphatic carbocycles. The molecule has 2 amide bonds. The van der Waals surface area contributed by atoms with Crippen LogP contribution in [0, 0.1) is 0 Å². The van der Waals surface area contributed by atoms with Crippen molar-refractivity contribution in [3.8, 4) is 11.8 Å². The number of methoxy groups -OCH3 is 1. The molecule has 3 heterocycles. The maximum absolute atomic E-state index is 13.7. The van der Waals surface area contributed by atoms with E-state index < -0.39 is 13.0 Å².